The summed E-state index contributed by atoms with van der Waals surface area (Å²) in [6.07, 6.45) is 8.06. The van der Waals surface area contributed by atoms with Gasteiger partial charge < -0.3 is 0 Å². The topological polar surface area (TPSA) is 36.9 Å². The first kappa shape index (κ1) is 23.9. The van der Waals surface area contributed by atoms with E-state index < -0.39 is 5.79 Å². The highest BCUT2D eigenvalue weighted by Gasteiger charge is 2.52. The van der Waals surface area contributed by atoms with E-state index >= 15 is 0 Å². The highest BCUT2D eigenvalue weighted by molar-refractivity contribution is 4.90. The molecule has 1 fully saturated rings. The summed E-state index contributed by atoms with van der Waals surface area (Å²) in [6.45, 7) is 19.3. The summed E-state index contributed by atoms with van der Waals surface area (Å²) < 4.78 is 0. The van der Waals surface area contributed by atoms with Gasteiger partial charge in [0.1, 0.15) is 0 Å². The van der Waals surface area contributed by atoms with Gasteiger partial charge in [-0.15, -0.1) is 0 Å². The van der Waals surface area contributed by atoms with Crippen molar-refractivity contribution in [1.82, 2.24) is 0 Å². The van der Waals surface area contributed by atoms with Gasteiger partial charge in [-0.25, -0.2) is 9.78 Å². The molecule has 1 rings (SSSR count). The quantitative estimate of drug-likeness (QED) is 0.236. The third kappa shape index (κ3) is 7.10. The monoisotopic (exact) mass is 372 g/mol. The molecule has 0 aliphatic heterocycles. The lowest BCUT2D eigenvalue weighted by atomic mass is 9.69. The summed E-state index contributed by atoms with van der Waals surface area (Å²) >= 11 is 0. The zero-order valence-corrected chi connectivity index (χ0v) is 18.9. The standard InChI is InChI=1S/C22H44O4/c1-10-15-20(6,7)23-25-22(26-24-21(8,9)16-11-2)17-13-12-14-18(22)19(3,4)5/h18H,10-17H2,1-9H3. The number of rotatable bonds is 10. The van der Waals surface area contributed by atoms with Gasteiger partial charge in [0.25, 0.3) is 0 Å². The minimum Gasteiger partial charge on any atom is -0.228 e. The number of hydrogen-bond donors (Lipinski definition) is 0. The zero-order chi connectivity index (χ0) is 20.1. The Hall–Kier alpha value is -0.160. The molecular weight excluding hydrogens is 328 g/mol. The van der Waals surface area contributed by atoms with Crippen LogP contribution in [0.4, 0.5) is 0 Å². The Morgan fingerprint density at radius 1 is 0.769 bits per heavy atom. The van der Waals surface area contributed by atoms with Crippen molar-refractivity contribution < 1.29 is 19.6 Å². The molecule has 0 N–H and O–H groups in total. The van der Waals surface area contributed by atoms with Crippen LogP contribution in [0, 0.1) is 11.3 Å². The van der Waals surface area contributed by atoms with Crippen LogP contribution in [-0.2, 0) is 19.6 Å². The first-order chi connectivity index (χ1) is 11.9. The van der Waals surface area contributed by atoms with Gasteiger partial charge in [-0.2, -0.15) is 9.78 Å². The molecule has 4 nitrogen and oxygen atoms in total. The Bertz CT molecular complexity index is 387. The zero-order valence-electron chi connectivity index (χ0n) is 18.9. The van der Waals surface area contributed by atoms with Crippen LogP contribution in [0.15, 0.2) is 0 Å². The van der Waals surface area contributed by atoms with Gasteiger partial charge in [0.15, 0.2) is 0 Å². The molecule has 0 heterocycles. The van der Waals surface area contributed by atoms with E-state index in [1.807, 2.05) is 0 Å². The van der Waals surface area contributed by atoms with Crippen molar-refractivity contribution in [2.24, 2.45) is 11.3 Å². The summed E-state index contributed by atoms with van der Waals surface area (Å²) in [7, 11) is 0. The van der Waals surface area contributed by atoms with Crippen LogP contribution in [0.2, 0.25) is 0 Å². The van der Waals surface area contributed by atoms with Crippen LogP contribution in [0.25, 0.3) is 0 Å². The average molecular weight is 373 g/mol. The Labute approximate surface area is 162 Å². The maximum atomic E-state index is 6.15. The fourth-order valence-corrected chi connectivity index (χ4v) is 4.07. The fraction of sp³-hybridized carbons (Fsp3) is 1.00. The maximum Gasteiger partial charge on any atom is 0.237 e. The molecule has 0 bridgehead atoms. The largest absolute Gasteiger partial charge is 0.237 e. The molecule has 0 amide bonds. The van der Waals surface area contributed by atoms with Crippen LogP contribution < -0.4 is 0 Å². The van der Waals surface area contributed by atoms with Gasteiger partial charge in [0.05, 0.1) is 11.2 Å². The van der Waals surface area contributed by atoms with E-state index in [0.29, 0.717) is 0 Å². The molecule has 0 saturated heterocycles. The van der Waals surface area contributed by atoms with E-state index in [9.17, 15) is 0 Å². The summed E-state index contributed by atoms with van der Waals surface area (Å²) in [6, 6.07) is 0. The highest BCUT2D eigenvalue weighted by Crippen LogP contribution is 2.48. The molecule has 0 spiro atoms. The van der Waals surface area contributed by atoms with E-state index in [1.165, 1.54) is 6.42 Å². The van der Waals surface area contributed by atoms with Gasteiger partial charge in [-0.3, -0.25) is 0 Å². The second-order valence-electron chi connectivity index (χ2n) is 10.3. The van der Waals surface area contributed by atoms with E-state index in [4.69, 9.17) is 19.6 Å². The second-order valence-corrected chi connectivity index (χ2v) is 10.3. The lowest BCUT2D eigenvalue weighted by Crippen LogP contribution is -2.53. The van der Waals surface area contributed by atoms with Crippen molar-refractivity contribution in [1.29, 1.82) is 0 Å². The molecule has 1 aliphatic rings. The smallest absolute Gasteiger partial charge is 0.228 e. The molecule has 26 heavy (non-hydrogen) atoms. The van der Waals surface area contributed by atoms with Crippen molar-refractivity contribution in [3.05, 3.63) is 0 Å². The third-order valence-electron chi connectivity index (χ3n) is 5.37. The normalized spacial score (nSPS) is 21.8. The van der Waals surface area contributed by atoms with Crippen molar-refractivity contribution in [3.63, 3.8) is 0 Å². The van der Waals surface area contributed by atoms with Crippen molar-refractivity contribution in [2.75, 3.05) is 0 Å². The van der Waals surface area contributed by atoms with Crippen molar-refractivity contribution in [2.45, 2.75) is 131 Å². The molecule has 0 radical (unpaired) electrons. The third-order valence-corrected chi connectivity index (χ3v) is 5.37. The summed E-state index contributed by atoms with van der Waals surface area (Å²) in [4.78, 5) is 24.2. The maximum absolute atomic E-state index is 6.15. The predicted molar refractivity (Wildman–Crippen MR) is 106 cm³/mol. The van der Waals surface area contributed by atoms with E-state index in [1.54, 1.807) is 0 Å². The first-order valence-corrected chi connectivity index (χ1v) is 10.6. The van der Waals surface area contributed by atoms with Crippen LogP contribution in [0.3, 0.4) is 0 Å². The minimum absolute atomic E-state index is 0.0386. The summed E-state index contributed by atoms with van der Waals surface area (Å²) in [5.41, 5.74) is -0.648. The second kappa shape index (κ2) is 9.36. The van der Waals surface area contributed by atoms with Crippen LogP contribution in [-0.4, -0.2) is 17.0 Å². The summed E-state index contributed by atoms with van der Waals surface area (Å²) in [5.74, 6) is -0.648. The van der Waals surface area contributed by atoms with Crippen molar-refractivity contribution in [3.8, 4) is 0 Å². The van der Waals surface area contributed by atoms with Crippen LogP contribution in [0.5, 0.6) is 0 Å². The number of hydrogen-bond acceptors (Lipinski definition) is 4. The molecule has 1 atom stereocenters. The summed E-state index contributed by atoms with van der Waals surface area (Å²) in [5, 5.41) is 0. The minimum atomic E-state index is -0.855. The van der Waals surface area contributed by atoms with Crippen LogP contribution >= 0.6 is 0 Å². The molecule has 0 aromatic heterocycles. The first-order valence-electron chi connectivity index (χ1n) is 10.6. The van der Waals surface area contributed by atoms with Gasteiger partial charge in [-0.1, -0.05) is 53.9 Å². The Morgan fingerprint density at radius 3 is 1.62 bits per heavy atom. The molecule has 0 aromatic rings. The molecule has 0 aromatic carbocycles. The van der Waals surface area contributed by atoms with Gasteiger partial charge >= 0.3 is 0 Å². The van der Waals surface area contributed by atoms with Gasteiger partial charge in [0, 0.05) is 12.3 Å². The molecule has 156 valence electrons. The molecule has 4 heteroatoms. The Balaban J connectivity index is 3.02. The van der Waals surface area contributed by atoms with Crippen LogP contribution in [0.1, 0.15) is 114 Å². The molecular formula is C22H44O4. The molecule has 1 unspecified atom stereocenters. The Kier molecular flexibility index (Phi) is 8.59. The van der Waals surface area contributed by atoms with Gasteiger partial charge in [-0.05, 0) is 58.8 Å². The molecule has 1 saturated carbocycles. The predicted octanol–water partition coefficient (Wildman–Crippen LogP) is 6.97. The van der Waals surface area contributed by atoms with E-state index in [-0.39, 0.29) is 22.5 Å². The van der Waals surface area contributed by atoms with Gasteiger partial charge in [0.2, 0.25) is 5.79 Å². The molecule has 1 aliphatic carbocycles. The lowest BCUT2D eigenvalue weighted by Gasteiger charge is -2.48. The Morgan fingerprint density at radius 2 is 1.23 bits per heavy atom. The van der Waals surface area contributed by atoms with E-state index in [2.05, 4.69) is 62.3 Å². The van der Waals surface area contributed by atoms with Crippen molar-refractivity contribution >= 4 is 0 Å². The SMILES string of the molecule is CCCC(C)(C)OOC1(OOC(C)(C)CCC)CCCCC1C(C)(C)C. The average Bonchev–Trinajstić information content (AvgIpc) is 2.51. The fourth-order valence-electron chi connectivity index (χ4n) is 4.07. The lowest BCUT2D eigenvalue weighted by molar-refractivity contribution is -0.562. The highest BCUT2D eigenvalue weighted by atomic mass is 17.3. The van der Waals surface area contributed by atoms with E-state index in [0.717, 1.165) is 44.9 Å².